The second-order valence-electron chi connectivity index (χ2n) is 6.71. The Bertz CT molecular complexity index is 657. The van der Waals surface area contributed by atoms with Crippen molar-refractivity contribution in [3.63, 3.8) is 0 Å². The zero-order valence-electron chi connectivity index (χ0n) is 14.6. The molecule has 1 fully saturated rings. The van der Waals surface area contributed by atoms with Crippen LogP contribution in [0.15, 0.2) is 45.0 Å². The van der Waals surface area contributed by atoms with Gasteiger partial charge in [0.25, 0.3) is 0 Å². The Kier molecular flexibility index (Phi) is 5.06. The highest BCUT2D eigenvalue weighted by Gasteiger charge is 2.32. The number of piperazine rings is 1. The molecular formula is C16H24BN5S2. The van der Waals surface area contributed by atoms with Crippen molar-refractivity contribution in [3.8, 4) is 0 Å². The Morgan fingerprint density at radius 3 is 2.71 bits per heavy atom. The topological polar surface area (TPSA) is 57.2 Å². The molecule has 0 saturated carbocycles. The summed E-state index contributed by atoms with van der Waals surface area (Å²) >= 11 is 3.54. The minimum absolute atomic E-state index is 0.229. The number of rotatable bonds is 2. The van der Waals surface area contributed by atoms with Gasteiger partial charge in [0, 0.05) is 42.7 Å². The largest absolute Gasteiger partial charge is 0.385 e. The van der Waals surface area contributed by atoms with E-state index >= 15 is 0 Å². The second kappa shape index (κ2) is 6.92. The Labute approximate surface area is 153 Å². The van der Waals surface area contributed by atoms with Crippen LogP contribution in [-0.4, -0.2) is 65.3 Å². The van der Waals surface area contributed by atoms with E-state index in [1.807, 2.05) is 11.8 Å². The third kappa shape index (κ3) is 3.69. The maximum atomic E-state index is 6.46. The van der Waals surface area contributed by atoms with Gasteiger partial charge in [-0.25, -0.2) is 4.99 Å². The summed E-state index contributed by atoms with van der Waals surface area (Å²) in [6.07, 6.45) is 3.70. The summed E-state index contributed by atoms with van der Waals surface area (Å²) in [5.74, 6) is 0.820. The lowest BCUT2D eigenvalue weighted by Gasteiger charge is -2.37. The summed E-state index contributed by atoms with van der Waals surface area (Å²) in [5, 5.41) is 2.13. The molecule has 0 atom stereocenters. The lowest BCUT2D eigenvalue weighted by atomic mass is 10.1. The Morgan fingerprint density at radius 1 is 1.42 bits per heavy atom. The quantitative estimate of drug-likeness (QED) is 0.754. The maximum Gasteiger partial charge on any atom is 0.159 e. The van der Waals surface area contributed by atoms with E-state index in [9.17, 15) is 0 Å². The van der Waals surface area contributed by atoms with Crippen molar-refractivity contribution in [3.05, 3.63) is 35.1 Å². The molecule has 0 unspecified atom stereocenters. The standard InChI is InChI=1S/C16H24BN5S2/c1-4-19-14-11(9-12(17)23-14)13(18)21-5-7-22(8-6-21)15-20-10-16(2,3)24-15/h4,9H,1,5-8,10,17-18H2,2-3H3/b13-11+,19-14+. The van der Waals surface area contributed by atoms with Crippen LogP contribution in [0.3, 0.4) is 0 Å². The number of thioether (sulfide) groups is 2. The highest BCUT2D eigenvalue weighted by Crippen LogP contribution is 2.34. The lowest BCUT2D eigenvalue weighted by molar-refractivity contribution is 0.222. The molecule has 0 aliphatic carbocycles. The molecular weight excluding hydrogens is 337 g/mol. The molecule has 0 aromatic carbocycles. The van der Waals surface area contributed by atoms with Gasteiger partial charge >= 0.3 is 0 Å². The van der Waals surface area contributed by atoms with Crippen LogP contribution in [-0.2, 0) is 0 Å². The fraction of sp³-hybridized carbons (Fsp3) is 0.500. The van der Waals surface area contributed by atoms with Crippen molar-refractivity contribution >= 4 is 41.6 Å². The van der Waals surface area contributed by atoms with Crippen LogP contribution in [0.25, 0.3) is 0 Å². The number of nitrogens with two attached hydrogens (primary N) is 1. The van der Waals surface area contributed by atoms with Crippen LogP contribution in [0.5, 0.6) is 0 Å². The molecule has 128 valence electrons. The smallest absolute Gasteiger partial charge is 0.159 e. The zero-order valence-corrected chi connectivity index (χ0v) is 16.2. The van der Waals surface area contributed by atoms with E-state index < -0.39 is 0 Å². The van der Waals surface area contributed by atoms with Gasteiger partial charge in [0.05, 0.1) is 6.54 Å². The van der Waals surface area contributed by atoms with Crippen LogP contribution >= 0.6 is 23.5 Å². The highest BCUT2D eigenvalue weighted by molar-refractivity contribution is 8.19. The van der Waals surface area contributed by atoms with E-state index in [-0.39, 0.29) is 4.75 Å². The molecule has 5 nitrogen and oxygen atoms in total. The van der Waals surface area contributed by atoms with E-state index in [1.54, 1.807) is 18.0 Å². The van der Waals surface area contributed by atoms with Crippen molar-refractivity contribution in [1.82, 2.24) is 9.80 Å². The normalized spacial score (nSPS) is 27.3. The molecule has 2 N–H and O–H groups in total. The minimum atomic E-state index is 0.229. The van der Waals surface area contributed by atoms with E-state index in [4.69, 9.17) is 10.7 Å². The fourth-order valence-corrected chi connectivity index (χ4v) is 4.85. The summed E-state index contributed by atoms with van der Waals surface area (Å²) in [7, 11) is 2.08. The first-order valence-corrected chi connectivity index (χ1v) is 9.81. The van der Waals surface area contributed by atoms with Gasteiger partial charge in [-0.3, -0.25) is 4.99 Å². The van der Waals surface area contributed by atoms with E-state index in [2.05, 4.69) is 49.1 Å². The van der Waals surface area contributed by atoms with Crippen LogP contribution in [0, 0.1) is 0 Å². The molecule has 3 aliphatic rings. The zero-order chi connectivity index (χ0) is 17.3. The Morgan fingerprint density at radius 2 is 2.12 bits per heavy atom. The fourth-order valence-electron chi connectivity index (χ4n) is 2.91. The SMILES string of the molecule is BC1=CC(=C(/N)N2CCN(C3=NCC(C)(C)S3)CC2)/C(=N\C=C)S1. The number of aliphatic imine (C=N–C) groups is 2. The monoisotopic (exact) mass is 361 g/mol. The van der Waals surface area contributed by atoms with Gasteiger partial charge in [0.15, 0.2) is 5.17 Å². The predicted molar refractivity (Wildman–Crippen MR) is 110 cm³/mol. The van der Waals surface area contributed by atoms with Gasteiger partial charge in [0.2, 0.25) is 0 Å². The molecule has 3 heterocycles. The molecule has 3 aliphatic heterocycles. The van der Waals surface area contributed by atoms with Crippen LogP contribution in [0.1, 0.15) is 13.8 Å². The third-order valence-electron chi connectivity index (χ3n) is 4.17. The highest BCUT2D eigenvalue weighted by atomic mass is 32.2. The van der Waals surface area contributed by atoms with Gasteiger partial charge in [-0.15, -0.1) is 0 Å². The number of nitrogens with zero attached hydrogens (tertiary/aromatic N) is 4. The molecule has 0 radical (unpaired) electrons. The lowest BCUT2D eigenvalue weighted by Crippen LogP contribution is -2.49. The van der Waals surface area contributed by atoms with E-state index in [0.717, 1.165) is 49.2 Å². The Balaban J connectivity index is 1.67. The second-order valence-corrected chi connectivity index (χ2v) is 9.62. The number of hydrogen-bond acceptors (Lipinski definition) is 7. The summed E-state index contributed by atoms with van der Waals surface area (Å²) in [6, 6.07) is 0. The molecule has 0 aromatic rings. The molecule has 0 spiro atoms. The first kappa shape index (κ1) is 17.5. The van der Waals surface area contributed by atoms with E-state index in [1.165, 1.54) is 9.97 Å². The van der Waals surface area contributed by atoms with Crippen molar-refractivity contribution in [2.24, 2.45) is 15.7 Å². The molecule has 1 saturated heterocycles. The first-order chi connectivity index (χ1) is 11.4. The van der Waals surface area contributed by atoms with Gasteiger partial charge in [-0.2, -0.15) is 0 Å². The van der Waals surface area contributed by atoms with Crippen molar-refractivity contribution < 1.29 is 0 Å². The molecule has 3 rings (SSSR count). The molecule has 24 heavy (non-hydrogen) atoms. The summed E-state index contributed by atoms with van der Waals surface area (Å²) in [4.78, 5) is 14.9. The van der Waals surface area contributed by atoms with Gasteiger partial charge in [-0.1, -0.05) is 34.9 Å². The Hall–Kier alpha value is -1.28. The molecule has 8 heteroatoms. The average molecular weight is 361 g/mol. The number of allylic oxidation sites excluding steroid dienone is 1. The van der Waals surface area contributed by atoms with Crippen molar-refractivity contribution in [1.29, 1.82) is 0 Å². The van der Waals surface area contributed by atoms with Gasteiger partial charge < -0.3 is 15.5 Å². The van der Waals surface area contributed by atoms with Crippen LogP contribution in [0.4, 0.5) is 0 Å². The third-order valence-corrected chi connectivity index (χ3v) is 6.38. The van der Waals surface area contributed by atoms with E-state index in [0.29, 0.717) is 0 Å². The minimum Gasteiger partial charge on any atom is -0.385 e. The van der Waals surface area contributed by atoms with Crippen molar-refractivity contribution in [2.45, 2.75) is 18.6 Å². The van der Waals surface area contributed by atoms with Gasteiger partial charge in [-0.05, 0) is 19.9 Å². The van der Waals surface area contributed by atoms with Gasteiger partial charge in [0.1, 0.15) is 18.7 Å². The van der Waals surface area contributed by atoms with Crippen LogP contribution in [0.2, 0.25) is 0 Å². The molecule has 0 amide bonds. The van der Waals surface area contributed by atoms with Crippen molar-refractivity contribution in [2.75, 3.05) is 32.7 Å². The number of amidine groups is 1. The predicted octanol–water partition coefficient (Wildman–Crippen LogP) is 1.42. The molecule has 0 bridgehead atoms. The average Bonchev–Trinajstić information content (AvgIpc) is 3.09. The summed E-state index contributed by atoms with van der Waals surface area (Å²) in [5.41, 5.74) is 7.48. The summed E-state index contributed by atoms with van der Waals surface area (Å²) in [6.45, 7) is 12.8. The number of hydrogen-bond donors (Lipinski definition) is 1. The van der Waals surface area contributed by atoms with Crippen LogP contribution < -0.4 is 5.73 Å². The first-order valence-electron chi connectivity index (χ1n) is 8.18. The summed E-state index contributed by atoms with van der Waals surface area (Å²) < 4.78 is 0.229. The maximum absolute atomic E-state index is 6.46. The molecule has 0 aromatic heterocycles.